The van der Waals surface area contributed by atoms with Crippen LogP contribution in [0.3, 0.4) is 0 Å². The lowest BCUT2D eigenvalue weighted by atomic mass is 9.94. The van der Waals surface area contributed by atoms with Gasteiger partial charge in [0.15, 0.2) is 0 Å². The fourth-order valence-corrected chi connectivity index (χ4v) is 2.85. The molecule has 0 bridgehead atoms. The summed E-state index contributed by atoms with van der Waals surface area (Å²) in [6.45, 7) is 2.05. The summed E-state index contributed by atoms with van der Waals surface area (Å²) in [5, 5.41) is 0. The largest absolute Gasteiger partial charge is 0.497 e. The zero-order chi connectivity index (χ0) is 15.4. The number of halogens is 1. The number of hydrogen-bond acceptors (Lipinski definition) is 4. The van der Waals surface area contributed by atoms with E-state index in [1.54, 1.807) is 14.2 Å². The van der Waals surface area contributed by atoms with Crippen molar-refractivity contribution < 1.29 is 9.47 Å². The summed E-state index contributed by atoms with van der Waals surface area (Å²) in [6, 6.07) is 11.6. The molecule has 0 amide bonds. The fraction of sp³-hybridized carbons (Fsp3) is 0.250. The first kappa shape index (κ1) is 15.8. The second-order valence-electron chi connectivity index (χ2n) is 4.71. The number of nitrogens with one attached hydrogen (secondary N) is 1. The van der Waals surface area contributed by atoms with Crippen LogP contribution in [-0.4, -0.2) is 14.2 Å². The van der Waals surface area contributed by atoms with Gasteiger partial charge in [0.1, 0.15) is 11.5 Å². The Morgan fingerprint density at radius 2 is 1.81 bits per heavy atom. The van der Waals surface area contributed by atoms with Gasteiger partial charge in [-0.3, -0.25) is 5.84 Å². The van der Waals surface area contributed by atoms with E-state index in [1.807, 2.05) is 30.3 Å². The number of nitrogens with two attached hydrogens (primary N) is 1. The van der Waals surface area contributed by atoms with Crippen molar-refractivity contribution in [1.29, 1.82) is 0 Å². The first-order chi connectivity index (χ1) is 10.1. The van der Waals surface area contributed by atoms with Crippen molar-refractivity contribution in [1.82, 2.24) is 5.43 Å². The number of hydrogen-bond donors (Lipinski definition) is 2. The Kier molecular flexibility index (Phi) is 5.22. The first-order valence-electron chi connectivity index (χ1n) is 6.54. The molecule has 5 heteroatoms. The molecule has 2 aromatic rings. The highest BCUT2D eigenvalue weighted by Crippen LogP contribution is 2.34. The minimum atomic E-state index is -0.178. The van der Waals surface area contributed by atoms with E-state index in [4.69, 9.17) is 15.3 Å². The van der Waals surface area contributed by atoms with Crippen molar-refractivity contribution >= 4 is 15.9 Å². The number of methoxy groups -OCH3 is 2. The third-order valence-electron chi connectivity index (χ3n) is 3.46. The van der Waals surface area contributed by atoms with Crippen molar-refractivity contribution in [2.75, 3.05) is 14.2 Å². The molecular weight excluding hydrogens is 332 g/mol. The molecule has 21 heavy (non-hydrogen) atoms. The SMILES string of the molecule is COc1ccc(OC)c(C(NN)c2ccc(Br)cc2C)c1. The van der Waals surface area contributed by atoms with E-state index in [1.165, 1.54) is 0 Å². The summed E-state index contributed by atoms with van der Waals surface area (Å²) in [7, 11) is 3.29. The quantitative estimate of drug-likeness (QED) is 0.641. The van der Waals surface area contributed by atoms with E-state index in [0.29, 0.717) is 0 Å². The van der Waals surface area contributed by atoms with Crippen LogP contribution < -0.4 is 20.7 Å². The minimum Gasteiger partial charge on any atom is -0.497 e. The third kappa shape index (κ3) is 3.37. The molecule has 2 aromatic carbocycles. The summed E-state index contributed by atoms with van der Waals surface area (Å²) in [4.78, 5) is 0. The van der Waals surface area contributed by atoms with Gasteiger partial charge in [0, 0.05) is 10.0 Å². The normalized spacial score (nSPS) is 12.0. The molecule has 0 aliphatic carbocycles. The number of hydrazine groups is 1. The fourth-order valence-electron chi connectivity index (χ4n) is 2.38. The summed E-state index contributed by atoms with van der Waals surface area (Å²) < 4.78 is 11.8. The molecule has 0 heterocycles. The Morgan fingerprint density at radius 1 is 1.05 bits per heavy atom. The van der Waals surface area contributed by atoms with E-state index in [9.17, 15) is 0 Å². The molecular formula is C16H19BrN2O2. The van der Waals surface area contributed by atoms with Crippen LogP contribution in [0.25, 0.3) is 0 Å². The molecule has 1 atom stereocenters. The number of benzene rings is 2. The molecule has 0 spiro atoms. The predicted octanol–water partition coefficient (Wildman–Crippen LogP) is 3.33. The highest BCUT2D eigenvalue weighted by Gasteiger charge is 2.19. The van der Waals surface area contributed by atoms with Crippen molar-refractivity contribution in [2.45, 2.75) is 13.0 Å². The maximum Gasteiger partial charge on any atom is 0.124 e. The van der Waals surface area contributed by atoms with Crippen LogP contribution in [0, 0.1) is 6.92 Å². The molecule has 2 rings (SSSR count). The van der Waals surface area contributed by atoms with E-state index < -0.39 is 0 Å². The third-order valence-corrected chi connectivity index (χ3v) is 3.95. The lowest BCUT2D eigenvalue weighted by molar-refractivity contribution is 0.394. The lowest BCUT2D eigenvalue weighted by Gasteiger charge is -2.22. The molecule has 0 radical (unpaired) electrons. The maximum absolute atomic E-state index is 5.80. The molecule has 0 fully saturated rings. The highest BCUT2D eigenvalue weighted by atomic mass is 79.9. The number of ether oxygens (including phenoxy) is 2. The van der Waals surface area contributed by atoms with Crippen LogP contribution in [0.15, 0.2) is 40.9 Å². The van der Waals surface area contributed by atoms with Gasteiger partial charge >= 0.3 is 0 Å². The first-order valence-corrected chi connectivity index (χ1v) is 7.34. The smallest absolute Gasteiger partial charge is 0.124 e. The second kappa shape index (κ2) is 6.93. The lowest BCUT2D eigenvalue weighted by Crippen LogP contribution is -2.29. The van der Waals surface area contributed by atoms with Gasteiger partial charge in [0.25, 0.3) is 0 Å². The summed E-state index contributed by atoms with van der Waals surface area (Å²) in [5.74, 6) is 7.33. The van der Waals surface area contributed by atoms with Crippen LogP contribution >= 0.6 is 15.9 Å². The molecule has 1 unspecified atom stereocenters. The molecule has 3 N–H and O–H groups in total. The maximum atomic E-state index is 5.80. The summed E-state index contributed by atoms with van der Waals surface area (Å²) in [6.07, 6.45) is 0. The second-order valence-corrected chi connectivity index (χ2v) is 5.62. The average molecular weight is 351 g/mol. The molecule has 0 aliphatic rings. The van der Waals surface area contributed by atoms with E-state index in [-0.39, 0.29) is 6.04 Å². The Morgan fingerprint density at radius 3 is 2.38 bits per heavy atom. The topological polar surface area (TPSA) is 56.5 Å². The van der Waals surface area contributed by atoms with Gasteiger partial charge < -0.3 is 9.47 Å². The zero-order valence-electron chi connectivity index (χ0n) is 12.3. The van der Waals surface area contributed by atoms with Crippen molar-refractivity contribution in [2.24, 2.45) is 5.84 Å². The van der Waals surface area contributed by atoms with Gasteiger partial charge in [-0.05, 0) is 48.4 Å². The molecule has 0 aliphatic heterocycles. The van der Waals surface area contributed by atoms with E-state index in [2.05, 4.69) is 34.3 Å². The van der Waals surface area contributed by atoms with Crippen LogP contribution in [-0.2, 0) is 0 Å². The Bertz CT molecular complexity index is 632. The van der Waals surface area contributed by atoms with Gasteiger partial charge in [-0.2, -0.15) is 0 Å². The monoisotopic (exact) mass is 350 g/mol. The van der Waals surface area contributed by atoms with Crippen molar-refractivity contribution in [3.63, 3.8) is 0 Å². The van der Waals surface area contributed by atoms with Crippen LogP contribution in [0.1, 0.15) is 22.7 Å². The summed E-state index contributed by atoms with van der Waals surface area (Å²) >= 11 is 3.48. The van der Waals surface area contributed by atoms with Crippen molar-refractivity contribution in [3.05, 3.63) is 57.6 Å². The van der Waals surface area contributed by atoms with Crippen LogP contribution in [0.2, 0.25) is 0 Å². The Labute approximate surface area is 133 Å². The van der Waals surface area contributed by atoms with Gasteiger partial charge in [-0.1, -0.05) is 22.0 Å². The Hall–Kier alpha value is -1.56. The zero-order valence-corrected chi connectivity index (χ0v) is 13.9. The molecule has 0 saturated heterocycles. The number of rotatable bonds is 5. The molecule has 4 nitrogen and oxygen atoms in total. The molecule has 112 valence electrons. The number of aryl methyl sites for hydroxylation is 1. The van der Waals surface area contributed by atoms with Gasteiger partial charge in [0.05, 0.1) is 20.3 Å². The predicted molar refractivity (Wildman–Crippen MR) is 87.6 cm³/mol. The minimum absolute atomic E-state index is 0.178. The van der Waals surface area contributed by atoms with Gasteiger partial charge in [-0.15, -0.1) is 0 Å². The summed E-state index contributed by atoms with van der Waals surface area (Å²) in [5.41, 5.74) is 6.03. The van der Waals surface area contributed by atoms with E-state index >= 15 is 0 Å². The Balaban J connectivity index is 2.54. The van der Waals surface area contributed by atoms with E-state index in [0.717, 1.165) is 32.7 Å². The molecule has 0 saturated carbocycles. The standard InChI is InChI=1S/C16H19BrN2O2/c1-10-8-11(17)4-6-13(10)16(19-18)14-9-12(20-2)5-7-15(14)21-3/h4-9,16,19H,18H2,1-3H3. The van der Waals surface area contributed by atoms with Crippen LogP contribution in [0.5, 0.6) is 11.5 Å². The highest BCUT2D eigenvalue weighted by molar-refractivity contribution is 9.10. The van der Waals surface area contributed by atoms with Gasteiger partial charge in [-0.25, -0.2) is 5.43 Å². The molecule has 0 aromatic heterocycles. The van der Waals surface area contributed by atoms with Crippen LogP contribution in [0.4, 0.5) is 0 Å². The van der Waals surface area contributed by atoms with Gasteiger partial charge in [0.2, 0.25) is 0 Å². The average Bonchev–Trinajstić information content (AvgIpc) is 2.49. The van der Waals surface area contributed by atoms with Crippen molar-refractivity contribution in [3.8, 4) is 11.5 Å².